The highest BCUT2D eigenvalue weighted by atomic mass is 35.5. The Bertz CT molecular complexity index is 973. The van der Waals surface area contributed by atoms with Crippen molar-refractivity contribution < 1.29 is 36.1 Å². The SMILES string of the molecule is CN1C[N+](C)(C)Cc2c1ccc1cccc(C(=O)ON3C(=O)CCC3=O)c21.[Cl-]. The van der Waals surface area contributed by atoms with E-state index in [0.717, 1.165) is 39.7 Å². The molecule has 0 aromatic heterocycles. The smallest absolute Gasteiger partial charge is 0.364 e. The van der Waals surface area contributed by atoms with Crippen LogP contribution in [-0.4, -0.2) is 55.1 Å². The van der Waals surface area contributed by atoms with Gasteiger partial charge in [-0.1, -0.05) is 18.2 Å². The highest BCUT2D eigenvalue weighted by Gasteiger charge is 2.35. The van der Waals surface area contributed by atoms with E-state index in [1.165, 1.54) is 0 Å². The predicted molar refractivity (Wildman–Crippen MR) is 99.5 cm³/mol. The second-order valence-electron chi connectivity index (χ2n) is 7.86. The molecule has 7 nitrogen and oxygen atoms in total. The van der Waals surface area contributed by atoms with Crippen LogP contribution in [-0.2, 0) is 21.0 Å². The van der Waals surface area contributed by atoms with Crippen LogP contribution in [0.4, 0.5) is 5.69 Å². The highest BCUT2D eigenvalue weighted by Crippen LogP contribution is 2.36. The van der Waals surface area contributed by atoms with E-state index in [4.69, 9.17) is 4.84 Å². The number of hydrogen-bond acceptors (Lipinski definition) is 5. The largest absolute Gasteiger partial charge is 1.00 e. The van der Waals surface area contributed by atoms with E-state index in [1.54, 1.807) is 12.1 Å². The molecular formula is C20H22ClN3O4. The van der Waals surface area contributed by atoms with Gasteiger partial charge in [-0.15, -0.1) is 5.06 Å². The van der Waals surface area contributed by atoms with Crippen LogP contribution in [0.1, 0.15) is 28.8 Å². The number of quaternary nitrogens is 1. The van der Waals surface area contributed by atoms with Crippen molar-refractivity contribution in [3.05, 3.63) is 41.5 Å². The van der Waals surface area contributed by atoms with Gasteiger partial charge in [0, 0.05) is 30.8 Å². The lowest BCUT2D eigenvalue weighted by atomic mass is 9.95. The van der Waals surface area contributed by atoms with Gasteiger partial charge in [0.05, 0.1) is 25.3 Å². The Balaban J connectivity index is 0.00000225. The maximum Gasteiger partial charge on any atom is 0.364 e. The summed E-state index contributed by atoms with van der Waals surface area (Å²) in [6.45, 7) is 1.63. The van der Waals surface area contributed by atoms with Crippen LogP contribution in [0.15, 0.2) is 30.3 Å². The van der Waals surface area contributed by atoms with Crippen molar-refractivity contribution in [3.8, 4) is 0 Å². The number of carbonyl (C=O) groups excluding carboxylic acids is 3. The van der Waals surface area contributed by atoms with Gasteiger partial charge in [0.1, 0.15) is 6.54 Å². The average Bonchev–Trinajstić information content (AvgIpc) is 2.92. The Hall–Kier alpha value is -2.64. The van der Waals surface area contributed by atoms with Crippen molar-refractivity contribution in [1.29, 1.82) is 0 Å². The van der Waals surface area contributed by atoms with E-state index in [9.17, 15) is 14.4 Å². The van der Waals surface area contributed by atoms with E-state index < -0.39 is 17.8 Å². The molecule has 2 aliphatic rings. The number of nitrogens with zero attached hydrogens (tertiary/aromatic N) is 3. The summed E-state index contributed by atoms with van der Waals surface area (Å²) < 4.78 is 0.759. The maximum atomic E-state index is 12.8. The standard InChI is InChI=1S/C20H22N3O4.ClH/c1-21-12-23(2,3)11-15-16(21)8-7-13-5-4-6-14(19(13)15)20(26)27-22-17(24)9-10-18(22)25;/h4-8H,9-12H2,1-3H3;1H/q+1;/p-1. The van der Waals surface area contributed by atoms with Gasteiger partial charge >= 0.3 is 5.97 Å². The molecule has 148 valence electrons. The number of imide groups is 1. The number of amides is 2. The van der Waals surface area contributed by atoms with Gasteiger partial charge in [-0.05, 0) is 17.5 Å². The Morgan fingerprint density at radius 2 is 1.75 bits per heavy atom. The summed E-state index contributed by atoms with van der Waals surface area (Å²) in [6.07, 6.45) is 0.154. The zero-order valence-electron chi connectivity index (χ0n) is 16.1. The molecule has 0 unspecified atom stereocenters. The maximum absolute atomic E-state index is 12.8. The molecule has 0 N–H and O–H groups in total. The van der Waals surface area contributed by atoms with Crippen LogP contribution < -0.4 is 17.3 Å². The highest BCUT2D eigenvalue weighted by molar-refractivity contribution is 6.09. The first kappa shape index (κ1) is 20.1. The lowest BCUT2D eigenvalue weighted by molar-refractivity contribution is -0.904. The fourth-order valence-corrected chi connectivity index (χ4v) is 4.05. The van der Waals surface area contributed by atoms with Crippen LogP contribution in [0.25, 0.3) is 10.8 Å². The number of anilines is 1. The third kappa shape index (κ3) is 3.31. The zero-order valence-corrected chi connectivity index (χ0v) is 16.8. The summed E-state index contributed by atoms with van der Waals surface area (Å²) >= 11 is 0. The molecule has 0 radical (unpaired) electrons. The molecule has 0 spiro atoms. The molecule has 4 rings (SSSR count). The Morgan fingerprint density at radius 1 is 1.07 bits per heavy atom. The predicted octanol–water partition coefficient (Wildman–Crippen LogP) is -0.952. The third-order valence-corrected chi connectivity index (χ3v) is 5.12. The van der Waals surface area contributed by atoms with Crippen LogP contribution >= 0.6 is 0 Å². The summed E-state index contributed by atoms with van der Waals surface area (Å²) in [4.78, 5) is 43.8. The molecule has 2 aromatic rings. The number of hydroxylamine groups is 2. The average molecular weight is 404 g/mol. The van der Waals surface area contributed by atoms with Crippen molar-refractivity contribution in [2.45, 2.75) is 19.4 Å². The molecule has 2 aliphatic heterocycles. The van der Waals surface area contributed by atoms with Gasteiger partial charge < -0.3 is 26.6 Å². The summed E-state index contributed by atoms with van der Waals surface area (Å²) in [7, 11) is 6.31. The lowest BCUT2D eigenvalue weighted by Gasteiger charge is -2.41. The van der Waals surface area contributed by atoms with E-state index in [0.29, 0.717) is 10.6 Å². The fraction of sp³-hybridized carbons (Fsp3) is 0.350. The van der Waals surface area contributed by atoms with Crippen molar-refractivity contribution in [1.82, 2.24) is 5.06 Å². The van der Waals surface area contributed by atoms with Crippen LogP contribution in [0, 0.1) is 0 Å². The summed E-state index contributed by atoms with van der Waals surface area (Å²) in [6, 6.07) is 9.47. The number of rotatable bonds is 2. The minimum Gasteiger partial charge on any atom is -1.00 e. The molecule has 28 heavy (non-hydrogen) atoms. The zero-order chi connectivity index (χ0) is 19.3. The van der Waals surface area contributed by atoms with E-state index in [-0.39, 0.29) is 25.2 Å². The van der Waals surface area contributed by atoms with Gasteiger partial charge in [0.15, 0.2) is 6.67 Å². The van der Waals surface area contributed by atoms with Crippen molar-refractivity contribution in [2.75, 3.05) is 32.7 Å². The number of benzene rings is 2. The first-order chi connectivity index (χ1) is 12.8. The normalized spacial score (nSPS) is 18.1. The van der Waals surface area contributed by atoms with E-state index >= 15 is 0 Å². The minimum absolute atomic E-state index is 0. The third-order valence-electron chi connectivity index (χ3n) is 5.12. The molecular weight excluding hydrogens is 382 g/mol. The van der Waals surface area contributed by atoms with Gasteiger partial charge in [0.25, 0.3) is 11.8 Å². The molecule has 1 saturated heterocycles. The first-order valence-corrected chi connectivity index (χ1v) is 8.93. The van der Waals surface area contributed by atoms with E-state index in [1.807, 2.05) is 19.2 Å². The Kier molecular flexibility index (Phi) is 5.08. The topological polar surface area (TPSA) is 66.9 Å². The molecule has 0 saturated carbocycles. The number of fused-ring (bicyclic) bond motifs is 3. The monoisotopic (exact) mass is 403 g/mol. The van der Waals surface area contributed by atoms with Crippen LogP contribution in [0.3, 0.4) is 0 Å². The van der Waals surface area contributed by atoms with Crippen molar-refractivity contribution >= 4 is 34.2 Å². The van der Waals surface area contributed by atoms with Crippen molar-refractivity contribution in [2.24, 2.45) is 0 Å². The molecule has 0 bridgehead atoms. The van der Waals surface area contributed by atoms with Crippen molar-refractivity contribution in [3.63, 3.8) is 0 Å². The number of carbonyl (C=O) groups is 3. The van der Waals surface area contributed by atoms with Gasteiger partial charge in [-0.3, -0.25) is 9.59 Å². The number of hydrogen-bond donors (Lipinski definition) is 0. The second kappa shape index (κ2) is 7.07. The van der Waals surface area contributed by atoms with Gasteiger partial charge in [-0.2, -0.15) is 0 Å². The molecule has 0 aliphatic carbocycles. The Morgan fingerprint density at radius 3 is 2.43 bits per heavy atom. The second-order valence-corrected chi connectivity index (χ2v) is 7.86. The molecule has 0 atom stereocenters. The molecule has 1 fully saturated rings. The Labute approximate surface area is 169 Å². The quantitative estimate of drug-likeness (QED) is 0.478. The summed E-state index contributed by atoms with van der Waals surface area (Å²) in [5.74, 6) is -1.64. The van der Waals surface area contributed by atoms with Crippen LogP contribution in [0.2, 0.25) is 0 Å². The molecule has 2 aromatic carbocycles. The molecule has 8 heteroatoms. The summed E-state index contributed by atoms with van der Waals surface area (Å²) in [5, 5.41) is 2.34. The molecule has 2 amide bonds. The lowest BCUT2D eigenvalue weighted by Crippen LogP contribution is -3.00. The minimum atomic E-state index is -0.684. The van der Waals surface area contributed by atoms with Gasteiger partial charge in [0.2, 0.25) is 0 Å². The molecule has 2 heterocycles. The van der Waals surface area contributed by atoms with Crippen LogP contribution in [0.5, 0.6) is 0 Å². The first-order valence-electron chi connectivity index (χ1n) is 8.93. The fourth-order valence-electron chi connectivity index (χ4n) is 4.05. The van der Waals surface area contributed by atoms with E-state index in [2.05, 4.69) is 25.1 Å². The van der Waals surface area contributed by atoms with Gasteiger partial charge in [-0.25, -0.2) is 4.79 Å². The number of halogens is 1. The summed E-state index contributed by atoms with van der Waals surface area (Å²) in [5.41, 5.74) is 2.51.